The number of ether oxygens (including phenoxy) is 1. The SMILES string of the molecule is COCCCNc1cc(C(=O)NC2CCCC2)ncn1. The van der Waals surface area contributed by atoms with E-state index >= 15 is 0 Å². The van der Waals surface area contributed by atoms with Gasteiger partial charge in [0.05, 0.1) is 0 Å². The van der Waals surface area contributed by atoms with E-state index in [1.165, 1.54) is 19.2 Å². The third-order valence-corrected chi connectivity index (χ3v) is 3.42. The first-order valence-electron chi connectivity index (χ1n) is 7.15. The van der Waals surface area contributed by atoms with Crippen LogP contribution in [0.2, 0.25) is 0 Å². The third-order valence-electron chi connectivity index (χ3n) is 3.42. The summed E-state index contributed by atoms with van der Waals surface area (Å²) >= 11 is 0. The molecule has 0 atom stereocenters. The van der Waals surface area contributed by atoms with Crippen molar-refractivity contribution in [3.8, 4) is 0 Å². The summed E-state index contributed by atoms with van der Waals surface area (Å²) in [5.74, 6) is 0.562. The summed E-state index contributed by atoms with van der Waals surface area (Å²) in [6.45, 7) is 1.46. The van der Waals surface area contributed by atoms with Gasteiger partial charge in [-0.1, -0.05) is 12.8 Å². The van der Waals surface area contributed by atoms with E-state index in [2.05, 4.69) is 20.6 Å². The van der Waals surface area contributed by atoms with Crippen LogP contribution >= 0.6 is 0 Å². The first kappa shape index (κ1) is 14.7. The largest absolute Gasteiger partial charge is 0.385 e. The minimum absolute atomic E-state index is 0.112. The van der Waals surface area contributed by atoms with Gasteiger partial charge in [-0.3, -0.25) is 4.79 Å². The monoisotopic (exact) mass is 278 g/mol. The van der Waals surface area contributed by atoms with E-state index in [0.717, 1.165) is 25.8 Å². The number of nitrogens with one attached hydrogen (secondary N) is 2. The van der Waals surface area contributed by atoms with Crippen LogP contribution in [0.15, 0.2) is 12.4 Å². The maximum absolute atomic E-state index is 12.1. The molecule has 2 N–H and O–H groups in total. The van der Waals surface area contributed by atoms with Crippen LogP contribution in [0.4, 0.5) is 5.82 Å². The highest BCUT2D eigenvalue weighted by Crippen LogP contribution is 2.18. The van der Waals surface area contributed by atoms with E-state index in [-0.39, 0.29) is 5.91 Å². The van der Waals surface area contributed by atoms with Gasteiger partial charge in [0.1, 0.15) is 17.8 Å². The van der Waals surface area contributed by atoms with Crippen molar-refractivity contribution in [3.63, 3.8) is 0 Å². The van der Waals surface area contributed by atoms with Crippen molar-refractivity contribution in [2.24, 2.45) is 0 Å². The lowest BCUT2D eigenvalue weighted by atomic mass is 10.2. The van der Waals surface area contributed by atoms with Crippen LogP contribution in [-0.2, 0) is 4.74 Å². The second-order valence-corrected chi connectivity index (χ2v) is 5.02. The van der Waals surface area contributed by atoms with Gasteiger partial charge in [0.15, 0.2) is 0 Å². The number of methoxy groups -OCH3 is 1. The number of carbonyl (C=O) groups is 1. The first-order valence-corrected chi connectivity index (χ1v) is 7.15. The van der Waals surface area contributed by atoms with Crippen molar-refractivity contribution >= 4 is 11.7 Å². The first-order chi connectivity index (χ1) is 9.79. The number of anilines is 1. The van der Waals surface area contributed by atoms with Gasteiger partial charge in [-0.05, 0) is 19.3 Å². The Labute approximate surface area is 119 Å². The van der Waals surface area contributed by atoms with Gasteiger partial charge in [0.25, 0.3) is 5.91 Å². The molecule has 0 saturated heterocycles. The summed E-state index contributed by atoms with van der Waals surface area (Å²) < 4.78 is 4.98. The topological polar surface area (TPSA) is 76.1 Å². The zero-order valence-corrected chi connectivity index (χ0v) is 11.9. The van der Waals surface area contributed by atoms with E-state index in [0.29, 0.717) is 24.2 Å². The molecule has 1 aromatic rings. The summed E-state index contributed by atoms with van der Waals surface area (Å²) in [5.41, 5.74) is 0.418. The third kappa shape index (κ3) is 4.45. The van der Waals surface area contributed by atoms with Crippen molar-refractivity contribution < 1.29 is 9.53 Å². The predicted molar refractivity (Wildman–Crippen MR) is 76.7 cm³/mol. The van der Waals surface area contributed by atoms with Crippen molar-refractivity contribution in [2.75, 3.05) is 25.6 Å². The normalized spacial score (nSPS) is 15.2. The second kappa shape index (κ2) is 7.79. The Kier molecular flexibility index (Phi) is 5.73. The van der Waals surface area contributed by atoms with Crippen molar-refractivity contribution in [2.45, 2.75) is 38.1 Å². The highest BCUT2D eigenvalue weighted by molar-refractivity contribution is 5.93. The van der Waals surface area contributed by atoms with E-state index in [1.54, 1.807) is 13.2 Å². The Morgan fingerprint density at radius 3 is 2.95 bits per heavy atom. The molecule has 1 fully saturated rings. The molecule has 0 aromatic carbocycles. The van der Waals surface area contributed by atoms with Gasteiger partial charge in [-0.15, -0.1) is 0 Å². The highest BCUT2D eigenvalue weighted by atomic mass is 16.5. The molecule has 1 heterocycles. The van der Waals surface area contributed by atoms with Gasteiger partial charge < -0.3 is 15.4 Å². The van der Waals surface area contributed by atoms with Crippen LogP contribution < -0.4 is 10.6 Å². The summed E-state index contributed by atoms with van der Waals surface area (Å²) in [6, 6.07) is 1.99. The van der Waals surface area contributed by atoms with Gasteiger partial charge in [-0.25, -0.2) is 9.97 Å². The van der Waals surface area contributed by atoms with Gasteiger partial charge >= 0.3 is 0 Å². The smallest absolute Gasteiger partial charge is 0.270 e. The number of hydrogen-bond acceptors (Lipinski definition) is 5. The zero-order valence-electron chi connectivity index (χ0n) is 11.9. The van der Waals surface area contributed by atoms with Gasteiger partial charge in [-0.2, -0.15) is 0 Å². The number of carbonyl (C=O) groups excluding carboxylic acids is 1. The molecule has 6 nitrogen and oxygen atoms in total. The van der Waals surface area contributed by atoms with Crippen LogP contribution in [0.1, 0.15) is 42.6 Å². The Bertz CT molecular complexity index is 433. The Morgan fingerprint density at radius 1 is 1.40 bits per heavy atom. The molecule has 0 spiro atoms. The molecule has 20 heavy (non-hydrogen) atoms. The maximum Gasteiger partial charge on any atom is 0.270 e. The fourth-order valence-corrected chi connectivity index (χ4v) is 2.34. The average molecular weight is 278 g/mol. The molecule has 6 heteroatoms. The summed E-state index contributed by atoms with van der Waals surface area (Å²) in [5, 5.41) is 6.18. The fraction of sp³-hybridized carbons (Fsp3) is 0.643. The quantitative estimate of drug-likeness (QED) is 0.741. The van der Waals surface area contributed by atoms with Crippen molar-refractivity contribution in [3.05, 3.63) is 18.1 Å². The second-order valence-electron chi connectivity index (χ2n) is 5.02. The number of hydrogen-bond donors (Lipinski definition) is 2. The van der Waals surface area contributed by atoms with Crippen molar-refractivity contribution in [1.82, 2.24) is 15.3 Å². The molecule has 0 aliphatic heterocycles. The highest BCUT2D eigenvalue weighted by Gasteiger charge is 2.18. The Hall–Kier alpha value is -1.69. The summed E-state index contributed by atoms with van der Waals surface area (Å²) in [6.07, 6.45) is 6.84. The minimum Gasteiger partial charge on any atom is -0.385 e. The van der Waals surface area contributed by atoms with Crippen LogP contribution in [0, 0.1) is 0 Å². The van der Waals surface area contributed by atoms with Gasteiger partial charge in [0.2, 0.25) is 0 Å². The van der Waals surface area contributed by atoms with E-state index in [1.807, 2.05) is 0 Å². The van der Waals surface area contributed by atoms with Crippen LogP contribution in [0.25, 0.3) is 0 Å². The molecule has 0 unspecified atom stereocenters. The molecule has 1 aliphatic carbocycles. The van der Waals surface area contributed by atoms with Crippen LogP contribution in [0.3, 0.4) is 0 Å². The lowest BCUT2D eigenvalue weighted by molar-refractivity contribution is 0.0932. The maximum atomic E-state index is 12.1. The molecule has 1 saturated carbocycles. The lowest BCUT2D eigenvalue weighted by Gasteiger charge is -2.12. The van der Waals surface area contributed by atoms with E-state index < -0.39 is 0 Å². The molecule has 110 valence electrons. The minimum atomic E-state index is -0.112. The summed E-state index contributed by atoms with van der Waals surface area (Å²) in [7, 11) is 1.68. The molecular weight excluding hydrogens is 256 g/mol. The molecule has 1 aliphatic rings. The van der Waals surface area contributed by atoms with Crippen LogP contribution in [-0.4, -0.2) is 42.2 Å². The number of aromatic nitrogens is 2. The number of amides is 1. The van der Waals surface area contributed by atoms with Gasteiger partial charge in [0, 0.05) is 32.4 Å². The molecule has 2 rings (SSSR count). The average Bonchev–Trinajstić information content (AvgIpc) is 2.97. The van der Waals surface area contributed by atoms with Crippen molar-refractivity contribution in [1.29, 1.82) is 0 Å². The Morgan fingerprint density at radius 2 is 2.20 bits per heavy atom. The lowest BCUT2D eigenvalue weighted by Crippen LogP contribution is -2.33. The molecular formula is C14H22N4O2. The zero-order chi connectivity index (χ0) is 14.2. The standard InChI is InChI=1S/C14H22N4O2/c1-20-8-4-7-15-13-9-12(16-10-17-13)14(19)18-11-5-2-3-6-11/h9-11H,2-8H2,1H3,(H,18,19)(H,15,16,17). The molecule has 1 amide bonds. The van der Waals surface area contributed by atoms with E-state index in [9.17, 15) is 4.79 Å². The Balaban J connectivity index is 1.85. The molecule has 1 aromatic heterocycles. The number of nitrogens with zero attached hydrogens (tertiary/aromatic N) is 2. The summed E-state index contributed by atoms with van der Waals surface area (Å²) in [4.78, 5) is 20.2. The van der Waals surface area contributed by atoms with E-state index in [4.69, 9.17) is 4.74 Å². The molecule has 0 bridgehead atoms. The van der Waals surface area contributed by atoms with Crippen LogP contribution in [0.5, 0.6) is 0 Å². The predicted octanol–water partition coefficient (Wildman–Crippen LogP) is 1.60. The fourth-order valence-electron chi connectivity index (χ4n) is 2.34. The molecule has 0 radical (unpaired) electrons. The number of rotatable bonds is 7.